The Morgan fingerprint density at radius 3 is 2.60 bits per heavy atom. The summed E-state index contributed by atoms with van der Waals surface area (Å²) in [5.41, 5.74) is 5.57. The number of rotatable bonds is 5. The standard InChI is InChI=1S/C24H32N2O2S2/c1-5-28-23(27)21-19-10-8-6-7-9-11-20(19)30-22(21)26-24(29)25-17(4)18-13-12-15(2)16(3)14-18/h12-14,17H,5-11H2,1-4H3,(H2,25,26,29). The van der Waals surface area contributed by atoms with Gasteiger partial charge in [-0.05, 0) is 87.8 Å². The maximum atomic E-state index is 12.8. The number of fused-ring (bicyclic) bond motifs is 1. The topological polar surface area (TPSA) is 50.4 Å². The lowest BCUT2D eigenvalue weighted by Gasteiger charge is -2.18. The molecule has 3 rings (SSSR count). The zero-order valence-electron chi connectivity index (χ0n) is 18.4. The monoisotopic (exact) mass is 444 g/mol. The quantitative estimate of drug-likeness (QED) is 0.422. The average molecular weight is 445 g/mol. The summed E-state index contributed by atoms with van der Waals surface area (Å²) in [5, 5.41) is 8.02. The van der Waals surface area contributed by atoms with Crippen molar-refractivity contribution in [2.24, 2.45) is 0 Å². The molecule has 30 heavy (non-hydrogen) atoms. The van der Waals surface area contributed by atoms with Crippen molar-refractivity contribution in [1.29, 1.82) is 0 Å². The number of hydrogen-bond donors (Lipinski definition) is 2. The Morgan fingerprint density at radius 1 is 1.17 bits per heavy atom. The van der Waals surface area contributed by atoms with Gasteiger partial charge in [0.15, 0.2) is 5.11 Å². The van der Waals surface area contributed by atoms with Crippen LogP contribution in [-0.2, 0) is 17.6 Å². The lowest BCUT2D eigenvalue weighted by atomic mass is 9.96. The number of thiocarbonyl (C=S) groups is 1. The fourth-order valence-corrected chi connectivity index (χ4v) is 5.51. The molecule has 162 valence electrons. The number of benzene rings is 1. The minimum Gasteiger partial charge on any atom is -0.462 e. The third-order valence-corrected chi connectivity index (χ3v) is 7.18. The molecule has 0 fully saturated rings. The van der Waals surface area contributed by atoms with Gasteiger partial charge in [-0.3, -0.25) is 0 Å². The summed E-state index contributed by atoms with van der Waals surface area (Å²) in [4.78, 5) is 14.1. The van der Waals surface area contributed by atoms with E-state index < -0.39 is 0 Å². The number of carbonyl (C=O) groups excluding carboxylic acids is 1. The van der Waals surface area contributed by atoms with Crippen LogP contribution in [0.3, 0.4) is 0 Å². The molecule has 1 aromatic carbocycles. The molecule has 0 amide bonds. The summed E-state index contributed by atoms with van der Waals surface area (Å²) >= 11 is 7.26. The Morgan fingerprint density at radius 2 is 1.90 bits per heavy atom. The van der Waals surface area contributed by atoms with E-state index in [9.17, 15) is 4.79 Å². The number of esters is 1. The first-order chi connectivity index (χ1) is 14.4. The minimum atomic E-state index is -0.247. The number of carbonyl (C=O) groups is 1. The van der Waals surface area contributed by atoms with Gasteiger partial charge < -0.3 is 15.4 Å². The molecular formula is C24H32N2O2S2. The molecule has 1 unspecified atom stereocenters. The largest absolute Gasteiger partial charge is 0.462 e. The van der Waals surface area contributed by atoms with Gasteiger partial charge in [0.1, 0.15) is 5.00 Å². The fraction of sp³-hybridized carbons (Fsp3) is 0.500. The van der Waals surface area contributed by atoms with Crippen LogP contribution in [0.1, 0.15) is 83.1 Å². The second kappa shape index (κ2) is 10.4. The molecule has 0 radical (unpaired) electrons. The van der Waals surface area contributed by atoms with Crippen molar-refractivity contribution in [3.8, 4) is 0 Å². The molecule has 1 atom stereocenters. The molecular weight excluding hydrogens is 412 g/mol. The molecule has 0 aliphatic heterocycles. The predicted octanol–water partition coefficient (Wildman–Crippen LogP) is 6.25. The zero-order valence-corrected chi connectivity index (χ0v) is 20.0. The Labute approximate surface area is 189 Å². The third-order valence-electron chi connectivity index (χ3n) is 5.76. The molecule has 1 aromatic heterocycles. The second-order valence-corrected chi connectivity index (χ2v) is 9.52. The van der Waals surface area contributed by atoms with Gasteiger partial charge in [-0.25, -0.2) is 4.79 Å². The molecule has 0 saturated heterocycles. The van der Waals surface area contributed by atoms with E-state index in [0.29, 0.717) is 17.3 Å². The molecule has 6 heteroatoms. The van der Waals surface area contributed by atoms with Gasteiger partial charge in [-0.15, -0.1) is 11.3 Å². The van der Waals surface area contributed by atoms with Crippen molar-refractivity contribution in [2.75, 3.05) is 11.9 Å². The van der Waals surface area contributed by atoms with Crippen LogP contribution in [-0.4, -0.2) is 17.7 Å². The molecule has 4 nitrogen and oxygen atoms in total. The van der Waals surface area contributed by atoms with Crippen molar-refractivity contribution < 1.29 is 9.53 Å². The Balaban J connectivity index is 1.80. The number of ether oxygens (including phenoxy) is 1. The lowest BCUT2D eigenvalue weighted by molar-refractivity contribution is 0.0526. The van der Waals surface area contributed by atoms with Crippen LogP contribution in [0.15, 0.2) is 18.2 Å². The maximum Gasteiger partial charge on any atom is 0.341 e. The molecule has 0 spiro atoms. The minimum absolute atomic E-state index is 0.0660. The number of anilines is 1. The number of nitrogens with one attached hydrogen (secondary N) is 2. The first kappa shape index (κ1) is 22.8. The third kappa shape index (κ3) is 5.41. The van der Waals surface area contributed by atoms with E-state index in [4.69, 9.17) is 17.0 Å². The average Bonchev–Trinajstić information content (AvgIpc) is 3.00. The zero-order chi connectivity index (χ0) is 21.7. The van der Waals surface area contributed by atoms with E-state index in [1.807, 2.05) is 6.92 Å². The van der Waals surface area contributed by atoms with Gasteiger partial charge >= 0.3 is 5.97 Å². The van der Waals surface area contributed by atoms with E-state index in [0.717, 1.165) is 29.8 Å². The number of thiophene rings is 1. The molecule has 2 aromatic rings. The second-order valence-electron chi connectivity index (χ2n) is 8.01. The summed E-state index contributed by atoms with van der Waals surface area (Å²) in [6, 6.07) is 6.52. The van der Waals surface area contributed by atoms with Gasteiger partial charge in [0.25, 0.3) is 0 Å². The fourth-order valence-electron chi connectivity index (χ4n) is 3.88. The SMILES string of the molecule is CCOC(=O)c1c(NC(=S)NC(C)c2ccc(C)c(C)c2)sc2c1CCCCCC2. The van der Waals surface area contributed by atoms with Crippen LogP contribution in [0.5, 0.6) is 0 Å². The van der Waals surface area contributed by atoms with Crippen LogP contribution in [0.2, 0.25) is 0 Å². The first-order valence-corrected chi connectivity index (χ1v) is 12.1. The summed E-state index contributed by atoms with van der Waals surface area (Å²) in [5.74, 6) is -0.247. The van der Waals surface area contributed by atoms with Crippen molar-refractivity contribution in [1.82, 2.24) is 5.32 Å². The Bertz CT molecular complexity index is 920. The van der Waals surface area contributed by atoms with E-state index >= 15 is 0 Å². The molecule has 1 aliphatic carbocycles. The van der Waals surface area contributed by atoms with Crippen LogP contribution < -0.4 is 10.6 Å². The van der Waals surface area contributed by atoms with Gasteiger partial charge in [0, 0.05) is 4.88 Å². The van der Waals surface area contributed by atoms with Crippen molar-refractivity contribution in [3.05, 3.63) is 50.9 Å². The highest BCUT2D eigenvalue weighted by Gasteiger charge is 2.26. The van der Waals surface area contributed by atoms with Gasteiger partial charge in [-0.2, -0.15) is 0 Å². The molecule has 0 saturated carbocycles. The van der Waals surface area contributed by atoms with Crippen LogP contribution in [0, 0.1) is 13.8 Å². The smallest absolute Gasteiger partial charge is 0.341 e. The molecule has 2 N–H and O–H groups in total. The highest BCUT2D eigenvalue weighted by Crippen LogP contribution is 2.37. The van der Waals surface area contributed by atoms with E-state index in [2.05, 4.69) is 49.6 Å². The predicted molar refractivity (Wildman–Crippen MR) is 130 cm³/mol. The van der Waals surface area contributed by atoms with Crippen LogP contribution >= 0.6 is 23.6 Å². The summed E-state index contributed by atoms with van der Waals surface area (Å²) in [6.07, 6.45) is 6.70. The van der Waals surface area contributed by atoms with E-state index in [-0.39, 0.29) is 12.0 Å². The first-order valence-electron chi connectivity index (χ1n) is 10.9. The highest BCUT2D eigenvalue weighted by atomic mass is 32.1. The lowest BCUT2D eigenvalue weighted by Crippen LogP contribution is -2.31. The Hall–Kier alpha value is -1.92. The normalized spacial score (nSPS) is 14.8. The summed E-state index contributed by atoms with van der Waals surface area (Å²) in [7, 11) is 0. The van der Waals surface area contributed by atoms with Crippen LogP contribution in [0.4, 0.5) is 5.00 Å². The van der Waals surface area contributed by atoms with Gasteiger partial charge in [0.05, 0.1) is 18.2 Å². The number of hydrogen-bond acceptors (Lipinski definition) is 4. The maximum absolute atomic E-state index is 12.8. The van der Waals surface area contributed by atoms with Crippen LogP contribution in [0.25, 0.3) is 0 Å². The van der Waals surface area contributed by atoms with Gasteiger partial charge in [0.2, 0.25) is 0 Å². The molecule has 1 heterocycles. The Kier molecular flexibility index (Phi) is 7.89. The van der Waals surface area contributed by atoms with Crippen molar-refractivity contribution >= 4 is 39.6 Å². The van der Waals surface area contributed by atoms with Crippen molar-refractivity contribution in [2.45, 2.75) is 72.3 Å². The highest BCUT2D eigenvalue weighted by molar-refractivity contribution is 7.80. The van der Waals surface area contributed by atoms with E-state index in [1.54, 1.807) is 11.3 Å². The summed E-state index contributed by atoms with van der Waals surface area (Å²) < 4.78 is 5.39. The number of aryl methyl sites for hydroxylation is 3. The summed E-state index contributed by atoms with van der Waals surface area (Å²) in [6.45, 7) is 8.55. The molecule has 0 bridgehead atoms. The molecule has 1 aliphatic rings. The van der Waals surface area contributed by atoms with Crippen molar-refractivity contribution in [3.63, 3.8) is 0 Å². The van der Waals surface area contributed by atoms with E-state index in [1.165, 1.54) is 40.8 Å². The van der Waals surface area contributed by atoms with Gasteiger partial charge in [-0.1, -0.05) is 31.0 Å².